The van der Waals surface area contributed by atoms with Crippen LogP contribution in [0.25, 0.3) is 0 Å². The van der Waals surface area contributed by atoms with Crippen LogP contribution in [0.15, 0.2) is 48.6 Å². The summed E-state index contributed by atoms with van der Waals surface area (Å²) in [6.07, 6.45) is 23.9. The lowest BCUT2D eigenvalue weighted by atomic mass is 9.64. The third kappa shape index (κ3) is 8.95. The number of carbonyl (C=O) groups is 10. The summed E-state index contributed by atoms with van der Waals surface area (Å²) in [5.41, 5.74) is -10.1. The first kappa shape index (κ1) is 62.4. The third-order valence-electron chi connectivity index (χ3n) is 20.9. The molecular formula is C60H80N4O20. The fourth-order valence-electron chi connectivity index (χ4n) is 15.8. The number of ether oxygens (including phenoxy) is 4. The molecule has 460 valence electrons. The van der Waals surface area contributed by atoms with Crippen molar-refractivity contribution in [3.05, 3.63) is 48.6 Å². The van der Waals surface area contributed by atoms with Gasteiger partial charge in [-0.3, -0.25) is 19.2 Å². The summed E-state index contributed by atoms with van der Waals surface area (Å²) in [5.74, 6) is -7.32. The number of aliphatic hydroxyl groups excluding tert-OH is 6. The molecule has 8 saturated heterocycles. The smallest absolute Gasteiger partial charge is 0.339 e. The lowest BCUT2D eigenvalue weighted by molar-refractivity contribution is -0.239. The Morgan fingerprint density at radius 3 is 0.845 bits per heavy atom. The van der Waals surface area contributed by atoms with Crippen LogP contribution in [-0.4, -0.2) is 173 Å². The number of carbonyl (C=O) groups excluding carboxylic acids is 10. The summed E-state index contributed by atoms with van der Waals surface area (Å²) >= 11 is 0. The van der Waals surface area contributed by atoms with E-state index in [9.17, 15) is 68.4 Å². The number of rotatable bonds is 16. The maximum atomic E-state index is 12.2. The number of esters is 4. The maximum absolute atomic E-state index is 12.2. The van der Waals surface area contributed by atoms with E-state index in [4.69, 9.17) is 29.2 Å². The Labute approximate surface area is 485 Å². The van der Waals surface area contributed by atoms with E-state index >= 15 is 0 Å². The zero-order valence-corrected chi connectivity index (χ0v) is 47.8. The van der Waals surface area contributed by atoms with Crippen LogP contribution in [0.1, 0.15) is 130 Å². The van der Waals surface area contributed by atoms with Crippen molar-refractivity contribution in [2.24, 2.45) is 47.3 Å². The van der Waals surface area contributed by atoms with Crippen molar-refractivity contribution in [3.63, 3.8) is 0 Å². The van der Waals surface area contributed by atoms with Crippen molar-refractivity contribution in [2.75, 3.05) is 13.2 Å². The second kappa shape index (κ2) is 23.2. The molecule has 24 heteroatoms. The van der Waals surface area contributed by atoms with Gasteiger partial charge in [-0.2, -0.15) is 0 Å². The maximum Gasteiger partial charge on any atom is 0.339 e. The van der Waals surface area contributed by atoms with Crippen LogP contribution < -0.4 is 21.3 Å². The first-order valence-electron chi connectivity index (χ1n) is 29.6. The Hall–Kier alpha value is -6.18. The Balaban J connectivity index is 0.000000134. The van der Waals surface area contributed by atoms with Crippen LogP contribution in [0.2, 0.25) is 0 Å². The number of aliphatic hydroxyl groups is 6. The fourth-order valence-corrected chi connectivity index (χ4v) is 15.8. The van der Waals surface area contributed by atoms with Gasteiger partial charge in [0.1, 0.15) is 12.6 Å². The number of fused-ring (bicyclic) bond motifs is 4. The highest BCUT2D eigenvalue weighted by molar-refractivity contribution is 6.05. The van der Waals surface area contributed by atoms with E-state index in [-0.39, 0.29) is 74.4 Å². The van der Waals surface area contributed by atoms with Gasteiger partial charge in [-0.1, -0.05) is 48.6 Å². The molecule has 0 unspecified atom stereocenters. The van der Waals surface area contributed by atoms with Gasteiger partial charge in [0.15, 0.2) is 22.4 Å². The normalized spacial score (nSPS) is 42.7. The highest BCUT2D eigenvalue weighted by Crippen LogP contribution is 2.57. The summed E-state index contributed by atoms with van der Waals surface area (Å²) in [6.45, 7) is 6.25. The van der Waals surface area contributed by atoms with Gasteiger partial charge in [0.25, 0.3) is 0 Å². The first-order valence-corrected chi connectivity index (χ1v) is 29.6. The molecule has 0 radical (unpaired) electrons. The van der Waals surface area contributed by atoms with Crippen molar-refractivity contribution in [1.82, 2.24) is 21.3 Å². The quantitative estimate of drug-likeness (QED) is 0.0419. The molecule has 0 aromatic carbocycles. The molecular weight excluding hydrogens is 1100 g/mol. The van der Waals surface area contributed by atoms with Crippen LogP contribution in [0.4, 0.5) is 0 Å². The molecule has 24 nitrogen and oxygen atoms in total. The molecule has 0 aromatic heterocycles. The predicted molar refractivity (Wildman–Crippen MR) is 290 cm³/mol. The molecule has 8 fully saturated rings. The SMILES string of the molecule is C[C@@]12OC(=O)[C@]1([C@@H](O)[C@@H]1C=CCCC1)NC(=O)[C@@H]2CC=O.C[C@@]12OC(=O)[C@]1([C@@H](O)[C@@H]1C=CCCC1)NC(=O)[C@@H]2CCO.C[C@@]12OC(=O)[C@]1([C@H](O)[C@@H]1C=CCCC1)NC(=O)[C@@H]2CC=O.C[C@@]12OC(=O)[C@]1([C@H](O)[C@@H]1C=CCCC1)NC(=O)[C@@H]2CCO. The summed E-state index contributed by atoms with van der Waals surface area (Å²) in [4.78, 5) is 119. The largest absolute Gasteiger partial charge is 0.453 e. The van der Waals surface area contributed by atoms with Gasteiger partial charge in [0, 0.05) is 49.7 Å². The van der Waals surface area contributed by atoms with Crippen LogP contribution in [0.3, 0.4) is 0 Å². The molecule has 8 heterocycles. The van der Waals surface area contributed by atoms with Gasteiger partial charge in [0.05, 0.1) is 48.1 Å². The number of hydrogen-bond acceptors (Lipinski definition) is 20. The van der Waals surface area contributed by atoms with E-state index in [1.165, 1.54) is 0 Å². The average Bonchev–Trinajstić information content (AvgIpc) is 1.74. The lowest BCUT2D eigenvalue weighted by Crippen LogP contribution is -2.80. The number of amides is 4. The molecule has 0 saturated carbocycles. The Bertz CT molecular complexity index is 2620. The fraction of sp³-hybridized carbons (Fsp3) is 0.700. The van der Waals surface area contributed by atoms with Gasteiger partial charge in [-0.15, -0.1) is 0 Å². The number of allylic oxidation sites excluding steroid dienone is 4. The minimum Gasteiger partial charge on any atom is -0.453 e. The second-order valence-electron chi connectivity index (χ2n) is 25.1. The van der Waals surface area contributed by atoms with E-state index in [1.807, 2.05) is 48.6 Å². The molecule has 8 aliphatic heterocycles. The summed E-state index contributed by atoms with van der Waals surface area (Å²) in [5, 5.41) is 71.9. The highest BCUT2D eigenvalue weighted by Gasteiger charge is 2.83. The Kier molecular flexibility index (Phi) is 17.3. The standard InChI is InChI=1S/2C15H21NO5.2C15H19NO5/c4*1-14-10(7-8-17)12(19)16-15(14,13(20)21-14)11(18)9-5-3-2-4-6-9/h2*3,5,9-11,17-18H,2,4,6-8H2,1H3,(H,16,19);2*3,5,8-11,18H,2,4,6-7H2,1H3,(H,16,19)/t9-,10+,11+,14+,15+;9-,10+,11-,14+,15+;9-,10+,11+,14+,15+;9-,10+,11-,14+,15+/m1111/s1. The number of aldehydes is 2. The van der Waals surface area contributed by atoms with E-state index in [2.05, 4.69) is 21.3 Å². The van der Waals surface area contributed by atoms with Crippen molar-refractivity contribution < 1.29 is 97.5 Å². The number of hydrogen-bond donors (Lipinski definition) is 10. The lowest BCUT2D eigenvalue weighted by Gasteiger charge is -2.54. The van der Waals surface area contributed by atoms with E-state index in [1.54, 1.807) is 27.7 Å². The van der Waals surface area contributed by atoms with Gasteiger partial charge < -0.3 is 80.4 Å². The molecule has 20 atom stereocenters. The number of nitrogens with one attached hydrogen (secondary N) is 4. The monoisotopic (exact) mass is 1180 g/mol. The van der Waals surface area contributed by atoms with Crippen LogP contribution >= 0.6 is 0 Å². The minimum atomic E-state index is -1.43. The van der Waals surface area contributed by atoms with Crippen LogP contribution in [0, 0.1) is 47.3 Å². The predicted octanol–water partition coefficient (Wildman–Crippen LogP) is -0.0416. The van der Waals surface area contributed by atoms with E-state index in [0.717, 1.165) is 77.0 Å². The molecule has 0 aromatic rings. The molecule has 84 heavy (non-hydrogen) atoms. The second-order valence-corrected chi connectivity index (χ2v) is 25.1. The molecule has 10 N–H and O–H groups in total. The third-order valence-corrected chi connectivity index (χ3v) is 20.9. The molecule has 12 aliphatic rings. The average molecular weight is 1180 g/mol. The van der Waals surface area contributed by atoms with Crippen LogP contribution in [-0.2, 0) is 66.9 Å². The van der Waals surface area contributed by atoms with Crippen molar-refractivity contribution in [3.8, 4) is 0 Å². The topological polar surface area (TPSA) is 377 Å². The minimum absolute atomic E-state index is 0.0232. The van der Waals surface area contributed by atoms with Gasteiger partial charge in [-0.25, -0.2) is 19.2 Å². The molecule has 0 spiro atoms. The Morgan fingerprint density at radius 2 is 0.655 bits per heavy atom. The van der Waals surface area contributed by atoms with E-state index in [0.29, 0.717) is 12.6 Å². The Morgan fingerprint density at radius 1 is 0.429 bits per heavy atom. The highest BCUT2D eigenvalue weighted by atomic mass is 16.6. The van der Waals surface area contributed by atoms with Gasteiger partial charge in [-0.05, 0) is 118 Å². The van der Waals surface area contributed by atoms with Crippen molar-refractivity contribution >= 4 is 60.1 Å². The zero-order chi connectivity index (χ0) is 61.0. The van der Waals surface area contributed by atoms with Gasteiger partial charge >= 0.3 is 23.9 Å². The van der Waals surface area contributed by atoms with Gasteiger partial charge in [0.2, 0.25) is 45.8 Å². The van der Waals surface area contributed by atoms with Crippen LogP contribution in [0.5, 0.6) is 0 Å². The summed E-state index contributed by atoms with van der Waals surface area (Å²) in [6, 6.07) is 0. The van der Waals surface area contributed by atoms with E-state index < -0.39 is 128 Å². The van der Waals surface area contributed by atoms with Crippen molar-refractivity contribution in [2.45, 2.75) is 199 Å². The summed E-state index contributed by atoms with van der Waals surface area (Å²) < 4.78 is 21.0. The van der Waals surface area contributed by atoms with Crippen molar-refractivity contribution in [1.29, 1.82) is 0 Å². The summed E-state index contributed by atoms with van der Waals surface area (Å²) in [7, 11) is 0. The molecule has 4 amide bonds. The molecule has 12 rings (SSSR count). The molecule has 0 bridgehead atoms. The zero-order valence-electron chi connectivity index (χ0n) is 47.8. The first-order chi connectivity index (χ1) is 39.9. The molecule has 4 aliphatic carbocycles.